The van der Waals surface area contributed by atoms with Crippen molar-refractivity contribution in [1.82, 2.24) is 0 Å². The Bertz CT molecular complexity index is 558. The van der Waals surface area contributed by atoms with Crippen molar-refractivity contribution in [1.29, 1.82) is 0 Å². The van der Waals surface area contributed by atoms with Crippen molar-refractivity contribution in [2.45, 2.75) is 45.1 Å². The van der Waals surface area contributed by atoms with Gasteiger partial charge in [0.2, 0.25) is 0 Å². The molecular weight excluding hydrogens is 294 g/mol. The first kappa shape index (κ1) is 19.6. The average Bonchev–Trinajstić information content (AvgIpc) is 2.36. The number of carboxylic acid groups (broad SMARTS) is 1. The van der Waals surface area contributed by atoms with Gasteiger partial charge in [0.25, 0.3) is 10.1 Å². The quantitative estimate of drug-likeness (QED) is 0.733. The molecule has 0 unspecified atom stereocenters. The van der Waals surface area contributed by atoms with Crippen LogP contribution in [-0.2, 0) is 21.3 Å². The van der Waals surface area contributed by atoms with E-state index in [0.29, 0.717) is 0 Å². The standard InChI is InChI=1S/C8H10O3S.C6H13NO2/c1-2-7-3-5-8(6-4-7)12(9,10)11;1-6(2,3)4(7)5(8)9/h3-6H,2H2,1H3,(H,9,10,11);4H,7H2,1-3H3,(H,8,9)/t;4-/m.1/s1. The molecule has 0 aliphatic heterocycles. The van der Waals surface area contributed by atoms with Gasteiger partial charge < -0.3 is 10.8 Å². The van der Waals surface area contributed by atoms with Gasteiger partial charge in [-0.25, -0.2) is 0 Å². The lowest BCUT2D eigenvalue weighted by atomic mass is 9.88. The van der Waals surface area contributed by atoms with Crippen LogP contribution in [0, 0.1) is 5.41 Å². The minimum Gasteiger partial charge on any atom is -0.480 e. The SMILES string of the molecule is CC(C)(C)[C@H](N)C(=O)O.CCc1ccc(S(=O)(=O)O)cc1. The number of hydrogen-bond acceptors (Lipinski definition) is 4. The maximum absolute atomic E-state index is 10.6. The molecule has 7 heteroatoms. The summed E-state index contributed by atoms with van der Waals surface area (Å²) >= 11 is 0. The number of carboxylic acids is 1. The minimum absolute atomic E-state index is 0.0558. The Hall–Kier alpha value is -1.44. The first-order chi connectivity index (χ1) is 9.39. The number of hydrogen-bond donors (Lipinski definition) is 3. The molecule has 1 atom stereocenters. The Morgan fingerprint density at radius 2 is 1.67 bits per heavy atom. The molecule has 6 nitrogen and oxygen atoms in total. The van der Waals surface area contributed by atoms with Gasteiger partial charge in [-0.3, -0.25) is 9.35 Å². The van der Waals surface area contributed by atoms with Crippen molar-refractivity contribution in [3.8, 4) is 0 Å². The third kappa shape index (κ3) is 7.22. The highest BCUT2D eigenvalue weighted by Crippen LogP contribution is 2.16. The van der Waals surface area contributed by atoms with Gasteiger partial charge in [0.15, 0.2) is 0 Å². The van der Waals surface area contributed by atoms with Crippen LogP contribution in [0.2, 0.25) is 0 Å². The second-order valence-electron chi connectivity index (χ2n) is 5.65. The third-order valence-corrected chi connectivity index (χ3v) is 3.70. The van der Waals surface area contributed by atoms with Gasteiger partial charge in [0.05, 0.1) is 4.90 Å². The van der Waals surface area contributed by atoms with Crippen LogP contribution in [0.15, 0.2) is 29.2 Å². The third-order valence-electron chi connectivity index (χ3n) is 2.83. The normalized spacial score (nSPS) is 13.0. The van der Waals surface area contributed by atoms with Crippen LogP contribution in [0.25, 0.3) is 0 Å². The summed E-state index contributed by atoms with van der Waals surface area (Å²) < 4.78 is 29.8. The Morgan fingerprint density at radius 3 is 1.86 bits per heavy atom. The van der Waals surface area contributed by atoms with Crippen LogP contribution in [0.5, 0.6) is 0 Å². The summed E-state index contributed by atoms with van der Waals surface area (Å²) in [4.78, 5) is 10.2. The molecule has 0 amide bonds. The van der Waals surface area contributed by atoms with E-state index in [0.717, 1.165) is 12.0 Å². The van der Waals surface area contributed by atoms with Crippen LogP contribution in [0.4, 0.5) is 0 Å². The molecule has 0 aromatic heterocycles. The highest BCUT2D eigenvalue weighted by atomic mass is 32.2. The molecule has 21 heavy (non-hydrogen) atoms. The summed E-state index contributed by atoms with van der Waals surface area (Å²) in [5, 5.41) is 8.39. The number of benzene rings is 1. The fourth-order valence-corrected chi connectivity index (χ4v) is 1.75. The summed E-state index contributed by atoms with van der Waals surface area (Å²) in [7, 11) is -4.03. The minimum atomic E-state index is -4.03. The smallest absolute Gasteiger partial charge is 0.321 e. The molecule has 0 aliphatic rings. The lowest BCUT2D eigenvalue weighted by Gasteiger charge is -2.22. The van der Waals surface area contributed by atoms with E-state index >= 15 is 0 Å². The summed E-state index contributed by atoms with van der Waals surface area (Å²) in [6, 6.07) is 5.40. The van der Waals surface area contributed by atoms with Crippen molar-refractivity contribution in [2.75, 3.05) is 0 Å². The summed E-state index contributed by atoms with van der Waals surface area (Å²) in [6.07, 6.45) is 0.853. The molecule has 0 aliphatic carbocycles. The monoisotopic (exact) mass is 317 g/mol. The maximum atomic E-state index is 10.6. The molecule has 0 fully saturated rings. The molecule has 0 radical (unpaired) electrons. The second-order valence-corrected chi connectivity index (χ2v) is 7.08. The molecule has 120 valence electrons. The predicted octanol–water partition coefficient (Wildman–Crippen LogP) is 1.94. The Labute approximate surface area is 125 Å². The number of rotatable bonds is 3. The van der Waals surface area contributed by atoms with Gasteiger partial charge >= 0.3 is 5.97 Å². The van der Waals surface area contributed by atoms with E-state index < -0.39 is 22.1 Å². The average molecular weight is 317 g/mol. The first-order valence-corrected chi connectivity index (χ1v) is 7.88. The fraction of sp³-hybridized carbons (Fsp3) is 0.500. The molecule has 0 saturated carbocycles. The van der Waals surface area contributed by atoms with Gasteiger partial charge in [-0.15, -0.1) is 0 Å². The Balaban J connectivity index is 0.000000400. The second kappa shape index (κ2) is 7.53. The zero-order valence-electron chi connectivity index (χ0n) is 12.7. The molecule has 0 spiro atoms. The molecule has 0 saturated heterocycles. The Kier molecular flexibility index (Phi) is 7.02. The zero-order chi connectivity index (χ0) is 16.8. The van der Waals surface area contributed by atoms with Crippen LogP contribution in [-0.4, -0.2) is 30.1 Å². The van der Waals surface area contributed by atoms with Gasteiger partial charge in [0.1, 0.15) is 6.04 Å². The highest BCUT2D eigenvalue weighted by Gasteiger charge is 2.26. The number of carbonyl (C=O) groups is 1. The van der Waals surface area contributed by atoms with Crippen molar-refractivity contribution in [3.63, 3.8) is 0 Å². The summed E-state index contributed by atoms with van der Waals surface area (Å²) in [6.45, 7) is 7.37. The van der Waals surface area contributed by atoms with Crippen LogP contribution in [0.1, 0.15) is 33.3 Å². The van der Waals surface area contributed by atoms with Crippen LogP contribution in [0.3, 0.4) is 0 Å². The number of nitrogens with two attached hydrogens (primary N) is 1. The van der Waals surface area contributed by atoms with Crippen molar-refractivity contribution in [3.05, 3.63) is 29.8 Å². The van der Waals surface area contributed by atoms with Gasteiger partial charge in [-0.2, -0.15) is 8.42 Å². The maximum Gasteiger partial charge on any atom is 0.321 e. The van der Waals surface area contributed by atoms with Crippen LogP contribution < -0.4 is 5.73 Å². The Morgan fingerprint density at radius 1 is 1.24 bits per heavy atom. The fourth-order valence-electron chi connectivity index (χ4n) is 1.27. The van der Waals surface area contributed by atoms with E-state index in [1.807, 2.05) is 6.92 Å². The number of aryl methyl sites for hydroxylation is 1. The van der Waals surface area contributed by atoms with Crippen molar-refractivity contribution < 1.29 is 22.9 Å². The summed E-state index contributed by atoms with van der Waals surface area (Å²) in [5.41, 5.74) is 6.00. The summed E-state index contributed by atoms with van der Waals surface area (Å²) in [5.74, 6) is -0.942. The largest absolute Gasteiger partial charge is 0.480 e. The molecule has 0 heterocycles. The van der Waals surface area contributed by atoms with E-state index in [9.17, 15) is 13.2 Å². The van der Waals surface area contributed by atoms with Gasteiger partial charge in [-0.05, 0) is 29.5 Å². The molecule has 0 bridgehead atoms. The van der Waals surface area contributed by atoms with Crippen molar-refractivity contribution in [2.24, 2.45) is 11.1 Å². The van der Waals surface area contributed by atoms with E-state index in [-0.39, 0.29) is 10.3 Å². The molecule has 1 rings (SSSR count). The lowest BCUT2D eigenvalue weighted by molar-refractivity contribution is -0.141. The molecule has 1 aromatic carbocycles. The number of aliphatic carboxylic acids is 1. The van der Waals surface area contributed by atoms with E-state index in [1.54, 1.807) is 32.9 Å². The predicted molar refractivity (Wildman–Crippen MR) is 80.7 cm³/mol. The molecule has 4 N–H and O–H groups in total. The van der Waals surface area contributed by atoms with E-state index in [2.05, 4.69) is 0 Å². The van der Waals surface area contributed by atoms with Gasteiger partial charge in [-0.1, -0.05) is 39.8 Å². The van der Waals surface area contributed by atoms with Crippen LogP contribution >= 0.6 is 0 Å². The van der Waals surface area contributed by atoms with Gasteiger partial charge in [0, 0.05) is 0 Å². The van der Waals surface area contributed by atoms with E-state index in [1.165, 1.54) is 12.1 Å². The molecular formula is C14H23NO5S. The lowest BCUT2D eigenvalue weighted by Crippen LogP contribution is -2.41. The molecule has 1 aromatic rings. The highest BCUT2D eigenvalue weighted by molar-refractivity contribution is 7.85. The van der Waals surface area contributed by atoms with E-state index in [4.69, 9.17) is 15.4 Å². The first-order valence-electron chi connectivity index (χ1n) is 6.44. The topological polar surface area (TPSA) is 118 Å². The van der Waals surface area contributed by atoms with Crippen molar-refractivity contribution >= 4 is 16.1 Å². The zero-order valence-corrected chi connectivity index (χ0v) is 13.5.